The lowest BCUT2D eigenvalue weighted by Crippen LogP contribution is -2.39. The summed E-state index contributed by atoms with van der Waals surface area (Å²) in [7, 11) is 0. The van der Waals surface area contributed by atoms with Gasteiger partial charge in [0.25, 0.3) is 0 Å². The fraction of sp³-hybridized carbons (Fsp3) is 0.235. The molecule has 0 unspecified atom stereocenters. The topological polar surface area (TPSA) is 62.3 Å². The number of carbonyl (C=O) groups excluding carboxylic acids is 2. The van der Waals surface area contributed by atoms with E-state index in [9.17, 15) is 9.59 Å². The van der Waals surface area contributed by atoms with Crippen LogP contribution in [0.5, 0.6) is 0 Å². The fourth-order valence-corrected chi connectivity index (χ4v) is 2.02. The minimum Gasteiger partial charge on any atom is -0.350 e. The molecule has 0 atom stereocenters. The molecule has 0 aliphatic rings. The maximum absolute atomic E-state index is 12.0. The number of amides is 2. The van der Waals surface area contributed by atoms with Crippen LogP contribution in [-0.4, -0.2) is 28.2 Å². The molecule has 2 aromatic rings. The smallest absolute Gasteiger partial charge is 0.239 e. The zero-order chi connectivity index (χ0) is 15.8. The van der Waals surface area contributed by atoms with Gasteiger partial charge in [0.15, 0.2) is 0 Å². The minimum absolute atomic E-state index is 0.0388. The van der Waals surface area contributed by atoms with Crippen molar-refractivity contribution in [3.05, 3.63) is 66.0 Å². The molecular weight excluding hydrogens is 278 g/mol. The molecule has 1 aromatic carbocycles. The molecule has 5 heteroatoms. The van der Waals surface area contributed by atoms with Gasteiger partial charge in [-0.1, -0.05) is 36.4 Å². The Morgan fingerprint density at radius 1 is 1.09 bits per heavy atom. The molecule has 2 rings (SSSR count). The van der Waals surface area contributed by atoms with E-state index in [1.165, 1.54) is 11.8 Å². The maximum Gasteiger partial charge on any atom is 0.239 e. The van der Waals surface area contributed by atoms with E-state index < -0.39 is 0 Å². The summed E-state index contributed by atoms with van der Waals surface area (Å²) in [4.78, 5) is 29.2. The molecule has 2 amide bonds. The SMILES string of the molecule is CC(=O)N(CC(=O)NCc1ccccc1)Cc1cccnc1. The number of nitrogens with one attached hydrogen (secondary N) is 1. The number of rotatable bonds is 6. The van der Waals surface area contributed by atoms with Crippen LogP contribution in [-0.2, 0) is 22.7 Å². The molecule has 0 saturated heterocycles. The molecule has 0 fully saturated rings. The highest BCUT2D eigenvalue weighted by Gasteiger charge is 2.14. The van der Waals surface area contributed by atoms with Crippen molar-refractivity contribution in [1.29, 1.82) is 0 Å². The molecule has 0 bridgehead atoms. The van der Waals surface area contributed by atoms with Crippen LogP contribution in [0.3, 0.4) is 0 Å². The van der Waals surface area contributed by atoms with Gasteiger partial charge in [-0.25, -0.2) is 0 Å². The quantitative estimate of drug-likeness (QED) is 0.883. The van der Waals surface area contributed by atoms with Crippen molar-refractivity contribution >= 4 is 11.8 Å². The molecular formula is C17H19N3O2. The number of pyridine rings is 1. The van der Waals surface area contributed by atoms with E-state index in [0.29, 0.717) is 13.1 Å². The second-order valence-corrected chi connectivity index (χ2v) is 5.00. The minimum atomic E-state index is -0.178. The van der Waals surface area contributed by atoms with E-state index >= 15 is 0 Å². The highest BCUT2D eigenvalue weighted by Crippen LogP contribution is 2.03. The van der Waals surface area contributed by atoms with Gasteiger partial charge in [-0.3, -0.25) is 14.6 Å². The second kappa shape index (κ2) is 7.93. The molecule has 0 saturated carbocycles. The monoisotopic (exact) mass is 297 g/mol. The Bertz CT molecular complexity index is 614. The molecule has 1 heterocycles. The molecule has 0 radical (unpaired) electrons. The molecule has 0 spiro atoms. The van der Waals surface area contributed by atoms with Crippen molar-refractivity contribution in [2.24, 2.45) is 0 Å². The third-order valence-electron chi connectivity index (χ3n) is 3.21. The summed E-state index contributed by atoms with van der Waals surface area (Å²) in [5.74, 6) is -0.318. The molecule has 114 valence electrons. The first-order valence-electron chi connectivity index (χ1n) is 7.10. The van der Waals surface area contributed by atoms with E-state index in [1.807, 2.05) is 42.5 Å². The van der Waals surface area contributed by atoms with Gasteiger partial charge in [-0.05, 0) is 17.2 Å². The molecule has 0 aliphatic heterocycles. The van der Waals surface area contributed by atoms with Crippen LogP contribution >= 0.6 is 0 Å². The van der Waals surface area contributed by atoms with Crippen molar-refractivity contribution in [3.8, 4) is 0 Å². The van der Waals surface area contributed by atoms with Crippen LogP contribution in [0.1, 0.15) is 18.1 Å². The van der Waals surface area contributed by atoms with Crippen molar-refractivity contribution in [1.82, 2.24) is 15.2 Å². The Kier molecular flexibility index (Phi) is 5.65. The van der Waals surface area contributed by atoms with Gasteiger partial charge in [0.05, 0.1) is 6.54 Å². The van der Waals surface area contributed by atoms with Crippen LogP contribution < -0.4 is 5.32 Å². The van der Waals surface area contributed by atoms with Gasteiger partial charge >= 0.3 is 0 Å². The van der Waals surface area contributed by atoms with Gasteiger partial charge in [0.1, 0.15) is 0 Å². The lowest BCUT2D eigenvalue weighted by atomic mass is 10.2. The third-order valence-corrected chi connectivity index (χ3v) is 3.21. The normalized spacial score (nSPS) is 10.0. The summed E-state index contributed by atoms with van der Waals surface area (Å²) >= 11 is 0. The van der Waals surface area contributed by atoms with Crippen LogP contribution in [0.2, 0.25) is 0 Å². The van der Waals surface area contributed by atoms with Crippen molar-refractivity contribution in [3.63, 3.8) is 0 Å². The van der Waals surface area contributed by atoms with E-state index in [-0.39, 0.29) is 18.4 Å². The first-order valence-corrected chi connectivity index (χ1v) is 7.10. The second-order valence-electron chi connectivity index (χ2n) is 5.00. The Morgan fingerprint density at radius 2 is 1.82 bits per heavy atom. The average molecular weight is 297 g/mol. The van der Waals surface area contributed by atoms with Crippen molar-refractivity contribution in [2.75, 3.05) is 6.54 Å². The lowest BCUT2D eigenvalue weighted by molar-refractivity contribution is -0.135. The third kappa shape index (κ3) is 5.01. The summed E-state index contributed by atoms with van der Waals surface area (Å²) < 4.78 is 0. The Labute approximate surface area is 130 Å². The number of carbonyl (C=O) groups is 2. The maximum atomic E-state index is 12.0. The Morgan fingerprint density at radius 3 is 2.45 bits per heavy atom. The summed E-state index contributed by atoms with van der Waals surface area (Å²) in [5, 5.41) is 2.82. The predicted molar refractivity (Wildman–Crippen MR) is 83.6 cm³/mol. The average Bonchev–Trinajstić information content (AvgIpc) is 2.54. The first kappa shape index (κ1) is 15.7. The highest BCUT2D eigenvalue weighted by molar-refractivity contribution is 5.83. The van der Waals surface area contributed by atoms with E-state index in [0.717, 1.165) is 11.1 Å². The highest BCUT2D eigenvalue weighted by atomic mass is 16.2. The largest absolute Gasteiger partial charge is 0.350 e. The van der Waals surface area contributed by atoms with Crippen LogP contribution in [0.15, 0.2) is 54.9 Å². The standard InChI is InChI=1S/C17H19N3O2/c1-14(21)20(12-16-8-5-9-18-10-16)13-17(22)19-11-15-6-3-2-4-7-15/h2-10H,11-13H2,1H3,(H,19,22). The number of hydrogen-bond acceptors (Lipinski definition) is 3. The molecule has 22 heavy (non-hydrogen) atoms. The molecule has 0 aliphatic carbocycles. The van der Waals surface area contributed by atoms with Gasteiger partial charge in [0, 0.05) is 32.4 Å². The summed E-state index contributed by atoms with van der Waals surface area (Å²) in [6, 6.07) is 13.3. The van der Waals surface area contributed by atoms with E-state index in [1.54, 1.807) is 12.4 Å². The van der Waals surface area contributed by atoms with E-state index in [4.69, 9.17) is 0 Å². The predicted octanol–water partition coefficient (Wildman–Crippen LogP) is 1.75. The van der Waals surface area contributed by atoms with Gasteiger partial charge in [0.2, 0.25) is 11.8 Å². The number of nitrogens with zero attached hydrogens (tertiary/aromatic N) is 2. The van der Waals surface area contributed by atoms with Crippen LogP contribution in [0, 0.1) is 0 Å². The van der Waals surface area contributed by atoms with Crippen LogP contribution in [0.25, 0.3) is 0 Å². The van der Waals surface area contributed by atoms with Gasteiger partial charge in [-0.2, -0.15) is 0 Å². The number of benzene rings is 1. The summed E-state index contributed by atoms with van der Waals surface area (Å²) in [6.45, 7) is 2.33. The number of aromatic nitrogens is 1. The number of hydrogen-bond donors (Lipinski definition) is 1. The molecule has 1 aromatic heterocycles. The summed E-state index contributed by atoms with van der Waals surface area (Å²) in [6.07, 6.45) is 3.37. The Balaban J connectivity index is 1.88. The lowest BCUT2D eigenvalue weighted by Gasteiger charge is -2.20. The fourth-order valence-electron chi connectivity index (χ4n) is 2.02. The zero-order valence-electron chi connectivity index (χ0n) is 12.5. The Hall–Kier alpha value is -2.69. The molecule has 1 N–H and O–H groups in total. The molecule has 5 nitrogen and oxygen atoms in total. The van der Waals surface area contributed by atoms with Crippen molar-refractivity contribution < 1.29 is 9.59 Å². The van der Waals surface area contributed by atoms with Gasteiger partial charge < -0.3 is 10.2 Å². The van der Waals surface area contributed by atoms with E-state index in [2.05, 4.69) is 10.3 Å². The van der Waals surface area contributed by atoms with Gasteiger partial charge in [-0.15, -0.1) is 0 Å². The first-order chi connectivity index (χ1) is 10.6. The summed E-state index contributed by atoms with van der Waals surface area (Å²) in [5.41, 5.74) is 1.92. The zero-order valence-corrected chi connectivity index (χ0v) is 12.5. The van der Waals surface area contributed by atoms with Crippen molar-refractivity contribution in [2.45, 2.75) is 20.0 Å². The van der Waals surface area contributed by atoms with Crippen LogP contribution in [0.4, 0.5) is 0 Å².